The number of fused-ring (bicyclic) bond motifs is 1. The molecule has 0 bridgehead atoms. The molecule has 3 aromatic carbocycles. The van der Waals surface area contributed by atoms with Gasteiger partial charge in [0.25, 0.3) is 0 Å². The minimum Gasteiger partial charge on any atom is -0.507 e. The third-order valence-corrected chi connectivity index (χ3v) is 9.91. The highest BCUT2D eigenvalue weighted by molar-refractivity contribution is 14.1. The number of hydrogen-bond donors (Lipinski definition) is 9. The number of nitrogens with zero attached hydrogens (tertiary/aromatic N) is 1. The van der Waals surface area contributed by atoms with Crippen molar-refractivity contribution in [2.75, 3.05) is 26.7 Å². The fraction of sp³-hybridized carbons (Fsp3) is 0.389. The third-order valence-electron chi connectivity index (χ3n) is 9.05. The van der Waals surface area contributed by atoms with Crippen LogP contribution in [-0.2, 0) is 36.8 Å². The second-order valence-electron chi connectivity index (χ2n) is 12.8. The van der Waals surface area contributed by atoms with Crippen molar-refractivity contribution in [2.24, 2.45) is 11.5 Å². The predicted octanol–water partition coefficient (Wildman–Crippen LogP) is 0.349. The lowest BCUT2D eigenvalue weighted by Crippen LogP contribution is -2.68. The molecule has 16 heteroatoms. The summed E-state index contributed by atoms with van der Waals surface area (Å²) in [7, 11) is 1.52. The lowest BCUT2D eigenvalue weighted by Gasteiger charge is -2.42. The summed E-state index contributed by atoms with van der Waals surface area (Å²) >= 11 is 1.95. The summed E-state index contributed by atoms with van der Waals surface area (Å²) in [5.74, 6) is -2.77. The molecule has 4 amide bonds. The zero-order valence-corrected chi connectivity index (χ0v) is 31.1. The predicted molar refractivity (Wildman–Crippen MR) is 205 cm³/mol. The van der Waals surface area contributed by atoms with Gasteiger partial charge in [-0.15, -0.1) is 0 Å². The van der Waals surface area contributed by atoms with E-state index >= 15 is 0 Å². The molecular formula is C36H46IN9O6. The number of phenolic OH excluding ortho intramolecular Hbond substituents is 1. The summed E-state index contributed by atoms with van der Waals surface area (Å²) in [4.78, 5) is 70.1. The number of aldehydes is 1. The highest BCUT2D eigenvalue weighted by Crippen LogP contribution is 2.26. The van der Waals surface area contributed by atoms with E-state index in [1.165, 1.54) is 18.0 Å². The van der Waals surface area contributed by atoms with Crippen LogP contribution in [0, 0.1) is 8.98 Å². The molecule has 0 saturated carbocycles. The van der Waals surface area contributed by atoms with E-state index in [2.05, 4.69) is 26.6 Å². The second kappa shape index (κ2) is 18.6. The molecule has 1 saturated heterocycles. The van der Waals surface area contributed by atoms with Gasteiger partial charge in [0.05, 0.1) is 16.2 Å². The number of nitrogens with two attached hydrogens (primary N) is 2. The number of halogens is 1. The van der Waals surface area contributed by atoms with Gasteiger partial charge >= 0.3 is 0 Å². The van der Waals surface area contributed by atoms with Gasteiger partial charge in [0.1, 0.15) is 17.8 Å². The maximum Gasteiger partial charge on any atom is 0.243 e. The van der Waals surface area contributed by atoms with Gasteiger partial charge in [-0.25, -0.2) is 0 Å². The van der Waals surface area contributed by atoms with Crippen LogP contribution >= 0.6 is 22.6 Å². The molecule has 3 aromatic rings. The van der Waals surface area contributed by atoms with Crippen LogP contribution < -0.4 is 38.1 Å². The van der Waals surface area contributed by atoms with Crippen LogP contribution in [-0.4, -0.2) is 96.4 Å². The van der Waals surface area contributed by atoms with E-state index in [1.54, 1.807) is 12.1 Å². The van der Waals surface area contributed by atoms with E-state index in [1.807, 2.05) is 65.1 Å². The van der Waals surface area contributed by atoms with E-state index in [0.717, 1.165) is 16.3 Å². The van der Waals surface area contributed by atoms with Gasteiger partial charge in [-0.05, 0) is 95.9 Å². The van der Waals surface area contributed by atoms with Crippen molar-refractivity contribution in [3.05, 3.63) is 75.4 Å². The Labute approximate surface area is 315 Å². The highest BCUT2D eigenvalue weighted by Gasteiger charge is 2.43. The zero-order valence-electron chi connectivity index (χ0n) is 28.9. The SMILES string of the molecule is CN1[C@H](CCCN)C(=O)N[C@@H](CCCNC(=N)N)C(=O)N[C@@H](Cc2ccc3ccccc3c2)C(=O)NCC(=O)N[C@]1(C=O)Cc1ccc(O)c(I)c1. The number of nitrogens with one attached hydrogen (secondary N) is 6. The fourth-order valence-corrected chi connectivity index (χ4v) is 6.78. The van der Waals surface area contributed by atoms with Gasteiger partial charge in [0, 0.05) is 19.4 Å². The first kappa shape index (κ1) is 40.0. The largest absolute Gasteiger partial charge is 0.507 e. The van der Waals surface area contributed by atoms with Gasteiger partial charge in [-0.2, -0.15) is 0 Å². The Morgan fingerprint density at radius 1 is 0.981 bits per heavy atom. The van der Waals surface area contributed by atoms with Crippen LogP contribution in [0.2, 0.25) is 0 Å². The van der Waals surface area contributed by atoms with Crippen molar-refractivity contribution >= 4 is 69.2 Å². The average molecular weight is 828 g/mol. The molecule has 0 radical (unpaired) electrons. The number of benzene rings is 3. The number of aromatic hydroxyl groups is 1. The van der Waals surface area contributed by atoms with Crippen molar-refractivity contribution in [3.8, 4) is 5.75 Å². The molecule has 11 N–H and O–H groups in total. The minimum absolute atomic E-state index is 0.0388. The van der Waals surface area contributed by atoms with Crippen LogP contribution in [0.5, 0.6) is 5.75 Å². The Kier molecular flexibility index (Phi) is 14.3. The summed E-state index contributed by atoms with van der Waals surface area (Å²) in [6, 6.07) is 14.8. The van der Waals surface area contributed by atoms with Crippen LogP contribution in [0.15, 0.2) is 60.7 Å². The molecule has 278 valence electrons. The van der Waals surface area contributed by atoms with Gasteiger partial charge in [0.2, 0.25) is 23.6 Å². The van der Waals surface area contributed by atoms with Crippen LogP contribution in [0.4, 0.5) is 0 Å². The number of likely N-dealkylation sites (N-methyl/N-ethyl adjacent to an activating group) is 1. The zero-order chi connectivity index (χ0) is 37.8. The molecule has 0 unspecified atom stereocenters. The first-order valence-corrected chi connectivity index (χ1v) is 18.1. The van der Waals surface area contributed by atoms with Crippen LogP contribution in [0.3, 0.4) is 0 Å². The molecule has 1 fully saturated rings. The quantitative estimate of drug-likeness (QED) is 0.0399. The number of phenols is 1. The maximum atomic E-state index is 14.2. The second-order valence-corrected chi connectivity index (χ2v) is 14.0. The van der Waals surface area contributed by atoms with Crippen LogP contribution in [0.1, 0.15) is 36.8 Å². The number of guanidine groups is 1. The van der Waals surface area contributed by atoms with Gasteiger partial charge in [-0.1, -0.05) is 48.5 Å². The number of amides is 4. The normalized spacial score (nSPS) is 22.0. The van der Waals surface area contributed by atoms with Crippen molar-refractivity contribution in [1.29, 1.82) is 5.41 Å². The lowest BCUT2D eigenvalue weighted by atomic mass is 9.95. The molecule has 1 heterocycles. The Morgan fingerprint density at radius 2 is 1.69 bits per heavy atom. The Hall–Kier alpha value is -4.81. The van der Waals surface area contributed by atoms with E-state index < -0.39 is 54.0 Å². The number of hydrogen-bond acceptors (Lipinski definition) is 9. The first-order valence-electron chi connectivity index (χ1n) is 17.0. The maximum absolute atomic E-state index is 14.2. The van der Waals surface area contributed by atoms with E-state index in [9.17, 15) is 29.1 Å². The number of carbonyl (C=O) groups is 5. The summed E-state index contributed by atoms with van der Waals surface area (Å²) in [6.45, 7) is -0.0468. The minimum atomic E-state index is -1.80. The Morgan fingerprint density at radius 3 is 2.38 bits per heavy atom. The molecule has 0 aliphatic carbocycles. The summed E-state index contributed by atoms with van der Waals surface area (Å²) in [6.07, 6.45) is 1.54. The standard InChI is InChI=1S/C36H46IN9O6/c1-46-29(9-4-14-38)34(52)43-27(8-5-15-41-35(39)40)33(51)44-28(18-22-10-12-24-6-2-3-7-25(24)16-22)32(50)42-20-31(49)45-36(46,21-47)19-23-11-13-30(48)26(37)17-23/h2-3,6-7,10-13,16-17,21,27-29,48H,4-5,8-9,14-15,18-20,38H2,1H3,(H,42,50)(H,43,52)(H,44,51)(H,45,49)(H4,39,40,41)/t27-,28-,29+,36+/m0/s1. The molecule has 1 aliphatic rings. The topological polar surface area (TPSA) is 245 Å². The van der Waals surface area contributed by atoms with Gasteiger partial charge in [0.15, 0.2) is 17.9 Å². The third kappa shape index (κ3) is 10.6. The van der Waals surface area contributed by atoms with E-state index in [-0.39, 0.29) is 50.5 Å². The van der Waals surface area contributed by atoms with Crippen molar-refractivity contribution < 1.29 is 29.1 Å². The smallest absolute Gasteiger partial charge is 0.243 e. The molecule has 0 aromatic heterocycles. The monoisotopic (exact) mass is 827 g/mol. The highest BCUT2D eigenvalue weighted by atomic mass is 127. The van der Waals surface area contributed by atoms with Crippen molar-refractivity contribution in [2.45, 2.75) is 62.3 Å². The van der Waals surface area contributed by atoms with E-state index in [4.69, 9.17) is 16.9 Å². The molecular weight excluding hydrogens is 781 g/mol. The molecule has 52 heavy (non-hydrogen) atoms. The summed E-state index contributed by atoms with van der Waals surface area (Å²) in [5, 5.41) is 33.2. The molecule has 1 aliphatic heterocycles. The first-order chi connectivity index (χ1) is 24.8. The van der Waals surface area contributed by atoms with Crippen LogP contribution in [0.25, 0.3) is 10.8 Å². The Bertz CT molecular complexity index is 1790. The number of carbonyl (C=O) groups excluding carboxylic acids is 5. The fourth-order valence-electron chi connectivity index (χ4n) is 6.20. The number of rotatable bonds is 12. The summed E-state index contributed by atoms with van der Waals surface area (Å²) < 4.78 is 0.515. The molecule has 4 rings (SSSR count). The summed E-state index contributed by atoms with van der Waals surface area (Å²) in [5.41, 5.74) is 10.8. The van der Waals surface area contributed by atoms with Gasteiger partial charge < -0.3 is 43.2 Å². The average Bonchev–Trinajstić information content (AvgIpc) is 3.12. The van der Waals surface area contributed by atoms with Crippen molar-refractivity contribution in [3.63, 3.8) is 0 Å². The van der Waals surface area contributed by atoms with E-state index in [0.29, 0.717) is 28.3 Å². The Balaban J connectivity index is 1.74. The molecule has 0 spiro atoms. The lowest BCUT2D eigenvalue weighted by molar-refractivity contribution is -0.141. The van der Waals surface area contributed by atoms with Gasteiger partial charge in [-0.3, -0.25) is 34.3 Å². The molecule has 15 nitrogen and oxygen atoms in total. The van der Waals surface area contributed by atoms with Crippen molar-refractivity contribution in [1.82, 2.24) is 31.5 Å². The molecule has 4 atom stereocenters.